The van der Waals surface area contributed by atoms with Gasteiger partial charge in [0.1, 0.15) is 0 Å². The summed E-state index contributed by atoms with van der Waals surface area (Å²) in [4.78, 5) is 14.2. The summed E-state index contributed by atoms with van der Waals surface area (Å²) in [5.74, 6) is -0.0356. The van der Waals surface area contributed by atoms with Crippen LogP contribution in [0.3, 0.4) is 0 Å². The Hall–Kier alpha value is -3.07. The second-order valence-electron chi connectivity index (χ2n) is 5.69. The fraction of sp³-hybridized carbons (Fsp3) is 0.0952. The lowest BCUT2D eigenvalue weighted by atomic mass is 10.1. The molecule has 0 spiro atoms. The van der Waals surface area contributed by atoms with Crippen molar-refractivity contribution in [2.45, 2.75) is 0 Å². The molecule has 0 aliphatic heterocycles. The molecule has 0 unspecified atom stereocenters. The molecule has 0 atom stereocenters. The fourth-order valence-corrected chi connectivity index (χ4v) is 2.60. The summed E-state index contributed by atoms with van der Waals surface area (Å²) in [6, 6.07) is 27.9. The number of carbonyl (C=O) groups excluding carboxylic acids is 1. The number of rotatable bonds is 5. The number of nitrogens with zero attached hydrogens (tertiary/aromatic N) is 1. The summed E-state index contributed by atoms with van der Waals surface area (Å²) >= 11 is 0. The average molecular weight is 316 g/mol. The molecule has 0 aliphatic rings. The van der Waals surface area contributed by atoms with Crippen molar-refractivity contribution in [2.75, 3.05) is 23.8 Å². The van der Waals surface area contributed by atoms with Gasteiger partial charge in [0.05, 0.1) is 6.54 Å². The van der Waals surface area contributed by atoms with Gasteiger partial charge in [-0.1, -0.05) is 60.7 Å². The molecular weight excluding hydrogens is 296 g/mol. The van der Waals surface area contributed by atoms with Crippen LogP contribution in [0.4, 0.5) is 11.4 Å². The normalized spacial score (nSPS) is 10.2. The Kier molecular flexibility index (Phi) is 4.92. The highest BCUT2D eigenvalue weighted by atomic mass is 16.2. The molecule has 0 bridgehead atoms. The van der Waals surface area contributed by atoms with Crippen molar-refractivity contribution in [2.24, 2.45) is 0 Å². The first-order valence-electron chi connectivity index (χ1n) is 7.94. The molecule has 0 heterocycles. The first kappa shape index (κ1) is 15.8. The Labute approximate surface area is 142 Å². The monoisotopic (exact) mass is 316 g/mol. The number of benzene rings is 3. The van der Waals surface area contributed by atoms with E-state index in [1.807, 2.05) is 84.7 Å². The van der Waals surface area contributed by atoms with Crippen molar-refractivity contribution in [1.29, 1.82) is 0 Å². The minimum atomic E-state index is -0.0356. The van der Waals surface area contributed by atoms with Crippen LogP contribution in [0.25, 0.3) is 11.1 Å². The first-order chi connectivity index (χ1) is 11.7. The van der Waals surface area contributed by atoms with E-state index in [0.29, 0.717) is 6.54 Å². The molecule has 0 aliphatic carbocycles. The summed E-state index contributed by atoms with van der Waals surface area (Å²) in [6.45, 7) is 0.305. The van der Waals surface area contributed by atoms with Gasteiger partial charge in [0.15, 0.2) is 0 Å². The quantitative estimate of drug-likeness (QED) is 0.755. The number of para-hydroxylation sites is 1. The van der Waals surface area contributed by atoms with Crippen LogP contribution in [0, 0.1) is 0 Å². The zero-order valence-electron chi connectivity index (χ0n) is 13.6. The number of carbonyl (C=O) groups is 1. The Balaban J connectivity index is 1.67. The minimum Gasteiger partial charge on any atom is -0.365 e. The summed E-state index contributed by atoms with van der Waals surface area (Å²) < 4.78 is 0. The van der Waals surface area contributed by atoms with Crippen LogP contribution in [-0.2, 0) is 4.79 Å². The van der Waals surface area contributed by atoms with E-state index in [9.17, 15) is 4.79 Å². The second kappa shape index (κ2) is 7.47. The van der Waals surface area contributed by atoms with Gasteiger partial charge in [-0.3, -0.25) is 4.79 Å². The van der Waals surface area contributed by atoms with E-state index < -0.39 is 0 Å². The average Bonchev–Trinajstić information content (AvgIpc) is 2.63. The van der Waals surface area contributed by atoms with E-state index in [0.717, 1.165) is 22.5 Å². The SMILES string of the molecule is CN(CC(=O)Nc1cccc(-c2ccccc2)c1)c1ccccc1. The molecule has 0 saturated carbocycles. The highest BCUT2D eigenvalue weighted by Gasteiger charge is 2.08. The molecule has 0 saturated heterocycles. The van der Waals surface area contributed by atoms with Crippen LogP contribution in [0.1, 0.15) is 0 Å². The Morgan fingerprint density at radius 3 is 2.17 bits per heavy atom. The molecule has 3 aromatic carbocycles. The fourth-order valence-electron chi connectivity index (χ4n) is 2.60. The molecule has 24 heavy (non-hydrogen) atoms. The lowest BCUT2D eigenvalue weighted by molar-refractivity contribution is -0.114. The van der Waals surface area contributed by atoms with E-state index >= 15 is 0 Å². The van der Waals surface area contributed by atoms with E-state index in [-0.39, 0.29) is 5.91 Å². The van der Waals surface area contributed by atoms with Gasteiger partial charge in [-0.15, -0.1) is 0 Å². The van der Waals surface area contributed by atoms with Gasteiger partial charge in [-0.05, 0) is 35.4 Å². The van der Waals surface area contributed by atoms with Crippen molar-refractivity contribution in [3.05, 3.63) is 84.9 Å². The van der Waals surface area contributed by atoms with E-state index in [2.05, 4.69) is 17.4 Å². The number of likely N-dealkylation sites (N-methyl/N-ethyl adjacent to an activating group) is 1. The summed E-state index contributed by atoms with van der Waals surface area (Å²) in [5, 5.41) is 2.97. The molecule has 3 heteroatoms. The van der Waals surface area contributed by atoms with Crippen LogP contribution in [-0.4, -0.2) is 19.5 Å². The van der Waals surface area contributed by atoms with Crippen molar-refractivity contribution in [3.63, 3.8) is 0 Å². The second-order valence-corrected chi connectivity index (χ2v) is 5.69. The molecule has 0 aromatic heterocycles. The Morgan fingerprint density at radius 2 is 1.46 bits per heavy atom. The topological polar surface area (TPSA) is 32.3 Å². The molecule has 3 nitrogen and oxygen atoms in total. The largest absolute Gasteiger partial charge is 0.365 e. The van der Waals surface area contributed by atoms with Crippen molar-refractivity contribution in [3.8, 4) is 11.1 Å². The van der Waals surface area contributed by atoms with Gasteiger partial charge in [-0.25, -0.2) is 0 Å². The van der Waals surface area contributed by atoms with Crippen LogP contribution in [0.15, 0.2) is 84.9 Å². The van der Waals surface area contributed by atoms with Gasteiger partial charge < -0.3 is 10.2 Å². The molecule has 0 radical (unpaired) electrons. The van der Waals surface area contributed by atoms with Crippen molar-refractivity contribution < 1.29 is 4.79 Å². The third-order valence-corrected chi connectivity index (χ3v) is 3.83. The maximum Gasteiger partial charge on any atom is 0.243 e. The third-order valence-electron chi connectivity index (χ3n) is 3.83. The first-order valence-corrected chi connectivity index (χ1v) is 7.94. The Morgan fingerprint density at radius 1 is 0.833 bits per heavy atom. The summed E-state index contributed by atoms with van der Waals surface area (Å²) in [6.07, 6.45) is 0. The zero-order chi connectivity index (χ0) is 16.8. The third kappa shape index (κ3) is 4.02. The number of nitrogens with one attached hydrogen (secondary N) is 1. The maximum atomic E-state index is 12.3. The maximum absolute atomic E-state index is 12.3. The van der Waals surface area contributed by atoms with Gasteiger partial charge in [0.2, 0.25) is 5.91 Å². The number of amides is 1. The smallest absolute Gasteiger partial charge is 0.243 e. The van der Waals surface area contributed by atoms with E-state index in [1.54, 1.807) is 0 Å². The molecule has 3 rings (SSSR count). The lowest BCUT2D eigenvalue weighted by Gasteiger charge is -2.18. The molecule has 1 N–H and O–H groups in total. The predicted molar refractivity (Wildman–Crippen MR) is 100 cm³/mol. The highest BCUT2D eigenvalue weighted by molar-refractivity contribution is 5.94. The zero-order valence-corrected chi connectivity index (χ0v) is 13.6. The van der Waals surface area contributed by atoms with Crippen LogP contribution >= 0.6 is 0 Å². The molecule has 3 aromatic rings. The van der Waals surface area contributed by atoms with Gasteiger partial charge in [-0.2, -0.15) is 0 Å². The predicted octanol–water partition coefficient (Wildman–Crippen LogP) is 4.43. The molecular formula is C21H20N2O. The number of hydrogen-bond acceptors (Lipinski definition) is 2. The number of anilines is 2. The van der Waals surface area contributed by atoms with Gasteiger partial charge in [0.25, 0.3) is 0 Å². The van der Waals surface area contributed by atoms with Crippen molar-refractivity contribution >= 4 is 17.3 Å². The van der Waals surface area contributed by atoms with Crippen molar-refractivity contribution in [1.82, 2.24) is 0 Å². The van der Waals surface area contributed by atoms with Crippen LogP contribution < -0.4 is 10.2 Å². The van der Waals surface area contributed by atoms with Crippen LogP contribution in [0.5, 0.6) is 0 Å². The highest BCUT2D eigenvalue weighted by Crippen LogP contribution is 2.22. The van der Waals surface area contributed by atoms with E-state index in [1.165, 1.54) is 0 Å². The minimum absolute atomic E-state index is 0.0356. The molecule has 0 fully saturated rings. The van der Waals surface area contributed by atoms with Gasteiger partial charge in [0, 0.05) is 18.4 Å². The summed E-state index contributed by atoms with van der Waals surface area (Å²) in [5.41, 5.74) is 4.05. The van der Waals surface area contributed by atoms with Gasteiger partial charge >= 0.3 is 0 Å². The number of hydrogen-bond donors (Lipinski definition) is 1. The lowest BCUT2D eigenvalue weighted by Crippen LogP contribution is -2.29. The molecule has 120 valence electrons. The molecule has 1 amide bonds. The summed E-state index contributed by atoms with van der Waals surface area (Å²) in [7, 11) is 1.91. The van der Waals surface area contributed by atoms with Crippen LogP contribution in [0.2, 0.25) is 0 Å². The standard InChI is InChI=1S/C21H20N2O/c1-23(20-13-6-3-7-14-20)16-21(24)22-19-12-8-11-18(15-19)17-9-4-2-5-10-17/h2-15H,16H2,1H3,(H,22,24). The Bertz CT molecular complexity index is 800. The van der Waals surface area contributed by atoms with E-state index in [4.69, 9.17) is 0 Å².